The van der Waals surface area contributed by atoms with Gasteiger partial charge in [-0.05, 0) is 61.0 Å². The number of rotatable bonds is 6. The molecule has 0 aliphatic rings. The summed E-state index contributed by atoms with van der Waals surface area (Å²) in [6.07, 6.45) is 1.48. The number of benzene rings is 2. The number of aromatic nitrogens is 1. The van der Waals surface area contributed by atoms with Crippen LogP contribution in [0.5, 0.6) is 0 Å². The Balaban J connectivity index is 1.45. The summed E-state index contributed by atoms with van der Waals surface area (Å²) >= 11 is 1.39. The summed E-state index contributed by atoms with van der Waals surface area (Å²) in [7, 11) is -3.71. The maximum Gasteiger partial charge on any atom is 0.257 e. The number of nitrogens with zero attached hydrogens (tertiary/aromatic N) is 1. The summed E-state index contributed by atoms with van der Waals surface area (Å²) in [5.74, 6) is 0.156. The minimum atomic E-state index is -3.71. The summed E-state index contributed by atoms with van der Waals surface area (Å²) in [5, 5.41) is 3.25. The van der Waals surface area contributed by atoms with Crippen LogP contribution in [-0.4, -0.2) is 19.3 Å². The lowest BCUT2D eigenvalue weighted by molar-refractivity contribution is 0.102. The summed E-state index contributed by atoms with van der Waals surface area (Å²) in [4.78, 5) is 16.9. The van der Waals surface area contributed by atoms with Crippen LogP contribution in [0.25, 0.3) is 10.2 Å². The predicted molar refractivity (Wildman–Crippen MR) is 111 cm³/mol. The van der Waals surface area contributed by atoms with Gasteiger partial charge in [0.15, 0.2) is 5.13 Å². The summed E-state index contributed by atoms with van der Waals surface area (Å²) < 4.78 is 33.3. The molecule has 2 heterocycles. The van der Waals surface area contributed by atoms with Crippen molar-refractivity contribution in [3.05, 3.63) is 77.7 Å². The van der Waals surface area contributed by atoms with Crippen LogP contribution in [-0.2, 0) is 16.6 Å². The SMILES string of the molecule is Cc1ccc2nc(NC(=O)c3ccc(S(=O)(=O)NCc4ccco4)cc3)sc2c1. The third-order valence-electron chi connectivity index (χ3n) is 4.21. The second-order valence-electron chi connectivity index (χ2n) is 6.37. The Morgan fingerprint density at radius 1 is 1.14 bits per heavy atom. The molecule has 0 fully saturated rings. The number of hydrogen-bond donors (Lipinski definition) is 2. The highest BCUT2D eigenvalue weighted by Gasteiger charge is 2.16. The van der Waals surface area contributed by atoms with Gasteiger partial charge in [0.05, 0.1) is 27.9 Å². The molecule has 2 N–H and O–H groups in total. The maximum atomic E-state index is 12.5. The van der Waals surface area contributed by atoms with E-state index in [1.807, 2.05) is 25.1 Å². The van der Waals surface area contributed by atoms with Gasteiger partial charge in [-0.2, -0.15) is 0 Å². The van der Waals surface area contributed by atoms with Gasteiger partial charge in [-0.25, -0.2) is 18.1 Å². The number of amides is 1. The Kier molecular flexibility index (Phi) is 5.18. The highest BCUT2D eigenvalue weighted by molar-refractivity contribution is 7.89. The molecule has 148 valence electrons. The van der Waals surface area contributed by atoms with Gasteiger partial charge in [0.2, 0.25) is 10.0 Å². The standard InChI is InChI=1S/C20H17N3O4S2/c1-13-4-9-17-18(11-13)28-20(22-17)23-19(24)14-5-7-16(8-6-14)29(25,26)21-12-15-3-2-10-27-15/h2-11,21H,12H2,1H3,(H,22,23,24). The minimum absolute atomic E-state index is 0.0502. The average Bonchev–Trinajstić information content (AvgIpc) is 3.35. The lowest BCUT2D eigenvalue weighted by Crippen LogP contribution is -2.23. The molecular formula is C20H17N3O4S2. The quantitative estimate of drug-likeness (QED) is 0.486. The third kappa shape index (κ3) is 4.37. The largest absolute Gasteiger partial charge is 0.468 e. The van der Waals surface area contributed by atoms with Crippen LogP contribution in [0.15, 0.2) is 70.2 Å². The van der Waals surface area contributed by atoms with Gasteiger partial charge in [0.25, 0.3) is 5.91 Å². The number of nitrogens with one attached hydrogen (secondary N) is 2. The number of furan rings is 1. The van der Waals surface area contributed by atoms with E-state index in [1.165, 1.54) is 41.9 Å². The molecule has 9 heteroatoms. The van der Waals surface area contributed by atoms with E-state index >= 15 is 0 Å². The zero-order valence-electron chi connectivity index (χ0n) is 15.4. The Morgan fingerprint density at radius 3 is 2.66 bits per heavy atom. The van der Waals surface area contributed by atoms with Gasteiger partial charge in [0, 0.05) is 5.56 Å². The molecule has 0 aliphatic carbocycles. The molecule has 4 rings (SSSR count). The van der Waals surface area contributed by atoms with E-state index in [0.717, 1.165) is 15.8 Å². The average molecular weight is 428 g/mol. The second kappa shape index (κ2) is 7.78. The first-order valence-corrected chi connectivity index (χ1v) is 11.0. The fourth-order valence-corrected chi connectivity index (χ4v) is 4.66. The van der Waals surface area contributed by atoms with Gasteiger partial charge >= 0.3 is 0 Å². The van der Waals surface area contributed by atoms with E-state index in [1.54, 1.807) is 12.1 Å². The van der Waals surface area contributed by atoms with Crippen molar-refractivity contribution in [2.24, 2.45) is 0 Å². The zero-order valence-corrected chi connectivity index (χ0v) is 17.0. The molecule has 0 saturated heterocycles. The molecule has 0 atom stereocenters. The maximum absolute atomic E-state index is 12.5. The molecule has 2 aromatic heterocycles. The van der Waals surface area contributed by atoms with Crippen molar-refractivity contribution in [3.63, 3.8) is 0 Å². The third-order valence-corrected chi connectivity index (χ3v) is 6.56. The van der Waals surface area contributed by atoms with Crippen LogP contribution in [0.2, 0.25) is 0 Å². The van der Waals surface area contributed by atoms with Crippen LogP contribution in [0, 0.1) is 6.92 Å². The molecule has 29 heavy (non-hydrogen) atoms. The number of anilines is 1. The molecule has 7 nitrogen and oxygen atoms in total. The molecule has 0 spiro atoms. The van der Waals surface area contributed by atoms with Gasteiger partial charge in [-0.15, -0.1) is 0 Å². The molecule has 2 aromatic carbocycles. The summed E-state index contributed by atoms with van der Waals surface area (Å²) in [5.41, 5.74) is 2.28. The topological polar surface area (TPSA) is 101 Å². The summed E-state index contributed by atoms with van der Waals surface area (Å²) in [6, 6.07) is 15.0. The van der Waals surface area contributed by atoms with Gasteiger partial charge in [-0.3, -0.25) is 10.1 Å². The first-order valence-electron chi connectivity index (χ1n) is 8.71. The van der Waals surface area contributed by atoms with E-state index in [9.17, 15) is 13.2 Å². The molecule has 1 amide bonds. The zero-order chi connectivity index (χ0) is 20.4. The highest BCUT2D eigenvalue weighted by atomic mass is 32.2. The van der Waals surface area contributed by atoms with Crippen LogP contribution in [0.3, 0.4) is 0 Å². The van der Waals surface area contributed by atoms with Gasteiger partial charge in [-0.1, -0.05) is 17.4 Å². The molecule has 0 radical (unpaired) electrons. The molecule has 0 bridgehead atoms. The predicted octanol–water partition coefficient (Wildman–Crippen LogP) is 3.93. The van der Waals surface area contributed by atoms with Crippen LogP contribution >= 0.6 is 11.3 Å². The number of carbonyl (C=O) groups is 1. The number of thiazole rings is 1. The minimum Gasteiger partial charge on any atom is -0.468 e. The number of fused-ring (bicyclic) bond motifs is 1. The van der Waals surface area contributed by atoms with Crippen LogP contribution in [0.4, 0.5) is 5.13 Å². The van der Waals surface area contributed by atoms with Crippen molar-refractivity contribution in [3.8, 4) is 0 Å². The van der Waals surface area contributed by atoms with Crippen molar-refractivity contribution in [1.29, 1.82) is 0 Å². The molecule has 4 aromatic rings. The Bertz CT molecular complexity index is 1260. The molecule has 0 saturated carbocycles. The Morgan fingerprint density at radius 2 is 1.93 bits per heavy atom. The monoisotopic (exact) mass is 427 g/mol. The normalized spacial score (nSPS) is 11.6. The lowest BCUT2D eigenvalue weighted by Gasteiger charge is -2.07. The van der Waals surface area contributed by atoms with E-state index < -0.39 is 10.0 Å². The van der Waals surface area contributed by atoms with Crippen molar-refractivity contribution in [2.45, 2.75) is 18.4 Å². The van der Waals surface area contributed by atoms with Crippen LogP contribution in [0.1, 0.15) is 21.7 Å². The van der Waals surface area contributed by atoms with Crippen molar-refractivity contribution < 1.29 is 17.6 Å². The van der Waals surface area contributed by atoms with Gasteiger partial charge in [0.1, 0.15) is 5.76 Å². The number of hydrogen-bond acceptors (Lipinski definition) is 6. The fourth-order valence-electron chi connectivity index (χ4n) is 2.70. The highest BCUT2D eigenvalue weighted by Crippen LogP contribution is 2.27. The lowest BCUT2D eigenvalue weighted by atomic mass is 10.2. The first-order chi connectivity index (χ1) is 13.9. The molecular weight excluding hydrogens is 410 g/mol. The number of carbonyl (C=O) groups excluding carboxylic acids is 1. The molecule has 0 unspecified atom stereocenters. The van der Waals surface area contributed by atoms with E-state index in [0.29, 0.717) is 16.5 Å². The summed E-state index contributed by atoms with van der Waals surface area (Å²) in [6.45, 7) is 2.05. The van der Waals surface area contributed by atoms with Gasteiger partial charge < -0.3 is 4.42 Å². The second-order valence-corrected chi connectivity index (χ2v) is 9.17. The Labute approximate surface area is 171 Å². The fraction of sp³-hybridized carbons (Fsp3) is 0.100. The van der Waals surface area contributed by atoms with Crippen LogP contribution < -0.4 is 10.0 Å². The van der Waals surface area contributed by atoms with Crippen molar-refractivity contribution >= 4 is 42.6 Å². The van der Waals surface area contributed by atoms with E-state index in [-0.39, 0.29) is 17.3 Å². The smallest absolute Gasteiger partial charge is 0.257 e. The van der Waals surface area contributed by atoms with E-state index in [2.05, 4.69) is 15.0 Å². The molecule has 0 aliphatic heterocycles. The number of aryl methyl sites for hydroxylation is 1. The first kappa shape index (κ1) is 19.3. The van der Waals surface area contributed by atoms with Crippen molar-refractivity contribution in [1.82, 2.24) is 9.71 Å². The Hall–Kier alpha value is -3.01. The van der Waals surface area contributed by atoms with E-state index in [4.69, 9.17) is 4.42 Å². The number of sulfonamides is 1. The van der Waals surface area contributed by atoms with Crippen molar-refractivity contribution in [2.75, 3.05) is 5.32 Å².